The highest BCUT2D eigenvalue weighted by Crippen LogP contribution is 1.81. The van der Waals surface area contributed by atoms with Gasteiger partial charge in [-0.15, -0.1) is 0 Å². The molecule has 7 heavy (non-hydrogen) atoms. The molecule has 0 aliphatic rings. The third-order valence-electron chi connectivity index (χ3n) is 0.437. The minimum atomic E-state index is -0.818. The Bertz CT molecular complexity index is 83.0. The van der Waals surface area contributed by atoms with E-state index in [-0.39, 0.29) is 6.42 Å². The predicted octanol–water partition coefficient (Wildman–Crippen LogP) is 0.787. The van der Waals surface area contributed by atoms with Crippen LogP contribution in [0.15, 0.2) is 4.74 Å². The first-order valence-electron chi connectivity index (χ1n) is 1.82. The Labute approximate surface area is 43.7 Å². The number of aliphatic carboxylic acids is 1. The molecule has 0 saturated heterocycles. The standard InChI is InChI=1S/C3H6NO2P/c5-3(6)1-2-4-7/h7H,1-2H2,(H,5,6). The van der Waals surface area contributed by atoms with Gasteiger partial charge >= 0.3 is 5.97 Å². The van der Waals surface area contributed by atoms with Gasteiger partial charge in [-0.3, -0.25) is 9.54 Å². The van der Waals surface area contributed by atoms with Crippen molar-refractivity contribution in [2.24, 2.45) is 4.74 Å². The average molecular weight is 119 g/mol. The zero-order chi connectivity index (χ0) is 5.70. The zero-order valence-corrected chi connectivity index (χ0v) is 4.72. The van der Waals surface area contributed by atoms with Crippen LogP contribution in [0.3, 0.4) is 0 Å². The molecular weight excluding hydrogens is 113 g/mol. The van der Waals surface area contributed by atoms with Crippen molar-refractivity contribution in [3.05, 3.63) is 0 Å². The van der Waals surface area contributed by atoms with Gasteiger partial charge in [0.1, 0.15) is 0 Å². The van der Waals surface area contributed by atoms with Gasteiger partial charge in [0.2, 0.25) is 0 Å². The van der Waals surface area contributed by atoms with E-state index < -0.39 is 5.97 Å². The second kappa shape index (κ2) is 3.75. The van der Waals surface area contributed by atoms with Gasteiger partial charge in [-0.05, 0) is 9.03 Å². The highest BCUT2D eigenvalue weighted by Gasteiger charge is 1.90. The fourth-order valence-corrected chi connectivity index (χ4v) is 0.263. The molecule has 0 aromatic rings. The van der Waals surface area contributed by atoms with Crippen LogP contribution in [0.2, 0.25) is 0 Å². The van der Waals surface area contributed by atoms with E-state index in [0.717, 1.165) is 0 Å². The number of carboxylic acids is 1. The molecule has 0 radical (unpaired) electrons. The number of rotatable bonds is 3. The van der Waals surface area contributed by atoms with Crippen molar-refractivity contribution in [3.63, 3.8) is 0 Å². The number of carbonyl (C=O) groups is 1. The lowest BCUT2D eigenvalue weighted by atomic mass is 10.5. The molecule has 0 spiro atoms. The molecule has 0 bridgehead atoms. The van der Waals surface area contributed by atoms with Crippen molar-refractivity contribution >= 4 is 15.0 Å². The van der Waals surface area contributed by atoms with Gasteiger partial charge in [-0.25, -0.2) is 0 Å². The average Bonchev–Trinajstić information content (AvgIpc) is 1.61. The van der Waals surface area contributed by atoms with Gasteiger partial charge in [0.25, 0.3) is 0 Å². The summed E-state index contributed by atoms with van der Waals surface area (Å²) in [5, 5.41) is 7.96. The Balaban J connectivity index is 2.97. The highest BCUT2D eigenvalue weighted by atomic mass is 31.0. The molecule has 0 saturated carbocycles. The first kappa shape index (κ1) is 6.57. The SMILES string of the molecule is O=C(O)CCN=P. The number of hydrogen-bond acceptors (Lipinski definition) is 2. The van der Waals surface area contributed by atoms with E-state index in [9.17, 15) is 4.79 Å². The molecule has 0 fully saturated rings. The Morgan fingerprint density at radius 3 is 2.57 bits per heavy atom. The van der Waals surface area contributed by atoms with Crippen LogP contribution in [0.4, 0.5) is 0 Å². The molecule has 0 aromatic carbocycles. The fourth-order valence-electron chi connectivity index (χ4n) is 0.152. The van der Waals surface area contributed by atoms with E-state index in [1.807, 2.05) is 0 Å². The lowest BCUT2D eigenvalue weighted by molar-refractivity contribution is -0.136. The predicted molar refractivity (Wildman–Crippen MR) is 27.9 cm³/mol. The van der Waals surface area contributed by atoms with Gasteiger partial charge in [-0.1, -0.05) is 0 Å². The van der Waals surface area contributed by atoms with Crippen molar-refractivity contribution < 1.29 is 9.90 Å². The van der Waals surface area contributed by atoms with Crippen molar-refractivity contribution in [1.29, 1.82) is 0 Å². The molecule has 0 heterocycles. The molecule has 40 valence electrons. The maximum Gasteiger partial charge on any atom is 0.305 e. The van der Waals surface area contributed by atoms with Gasteiger partial charge in [-0.2, -0.15) is 0 Å². The summed E-state index contributed by atoms with van der Waals surface area (Å²) < 4.78 is 3.40. The Hall–Kier alpha value is -0.430. The Kier molecular flexibility index (Phi) is 3.52. The van der Waals surface area contributed by atoms with E-state index in [1.165, 1.54) is 0 Å². The monoisotopic (exact) mass is 119 g/mol. The number of carboxylic acid groups (broad SMARTS) is 1. The summed E-state index contributed by atoms with van der Waals surface area (Å²) in [5.74, 6) is -0.818. The second-order valence-corrected chi connectivity index (χ2v) is 1.34. The molecule has 0 amide bonds. The van der Waals surface area contributed by atoms with Crippen molar-refractivity contribution in [1.82, 2.24) is 0 Å². The first-order valence-corrected chi connectivity index (χ1v) is 2.27. The summed E-state index contributed by atoms with van der Waals surface area (Å²) in [6.45, 7) is 0.340. The molecule has 0 atom stereocenters. The molecule has 4 heteroatoms. The smallest absolute Gasteiger partial charge is 0.305 e. The third kappa shape index (κ3) is 5.57. The molecule has 0 rings (SSSR count). The van der Waals surface area contributed by atoms with E-state index in [1.54, 1.807) is 0 Å². The summed E-state index contributed by atoms with van der Waals surface area (Å²) in [4.78, 5) is 9.68. The topological polar surface area (TPSA) is 49.7 Å². The minimum absolute atomic E-state index is 0.101. The minimum Gasteiger partial charge on any atom is -0.481 e. The summed E-state index contributed by atoms with van der Waals surface area (Å²) in [6.07, 6.45) is 0.101. The van der Waals surface area contributed by atoms with Crippen LogP contribution in [-0.4, -0.2) is 17.6 Å². The van der Waals surface area contributed by atoms with Crippen LogP contribution < -0.4 is 0 Å². The van der Waals surface area contributed by atoms with Crippen LogP contribution in [0.25, 0.3) is 0 Å². The van der Waals surface area contributed by atoms with Gasteiger partial charge < -0.3 is 5.11 Å². The van der Waals surface area contributed by atoms with Gasteiger partial charge in [0.05, 0.1) is 13.0 Å². The summed E-state index contributed by atoms with van der Waals surface area (Å²) in [6, 6.07) is 0. The second-order valence-electron chi connectivity index (χ2n) is 1.03. The van der Waals surface area contributed by atoms with E-state index in [4.69, 9.17) is 5.11 Å². The summed E-state index contributed by atoms with van der Waals surface area (Å²) in [7, 11) is 2.78. The van der Waals surface area contributed by atoms with Crippen LogP contribution in [0.1, 0.15) is 6.42 Å². The summed E-state index contributed by atoms with van der Waals surface area (Å²) >= 11 is 0. The van der Waals surface area contributed by atoms with E-state index >= 15 is 0 Å². The Morgan fingerprint density at radius 2 is 2.43 bits per heavy atom. The first-order chi connectivity index (χ1) is 3.27. The van der Waals surface area contributed by atoms with Gasteiger partial charge in [0, 0.05) is 0 Å². The quantitative estimate of drug-likeness (QED) is 0.558. The third-order valence-corrected chi connectivity index (χ3v) is 0.661. The molecular formula is C3H6NO2P. The van der Waals surface area contributed by atoms with Gasteiger partial charge in [0.15, 0.2) is 0 Å². The maximum atomic E-state index is 9.68. The lowest BCUT2D eigenvalue weighted by Crippen LogP contribution is -1.94. The molecule has 0 aliphatic carbocycles. The molecule has 0 aliphatic heterocycles. The van der Waals surface area contributed by atoms with Crippen LogP contribution >= 0.6 is 9.03 Å². The molecule has 0 aromatic heterocycles. The van der Waals surface area contributed by atoms with Crippen molar-refractivity contribution in [2.45, 2.75) is 6.42 Å². The lowest BCUT2D eigenvalue weighted by Gasteiger charge is -1.81. The number of hydrogen-bond donors (Lipinski definition) is 1. The zero-order valence-electron chi connectivity index (χ0n) is 3.72. The largest absolute Gasteiger partial charge is 0.481 e. The van der Waals surface area contributed by atoms with E-state index in [2.05, 4.69) is 13.8 Å². The summed E-state index contributed by atoms with van der Waals surface area (Å²) in [5.41, 5.74) is 0. The molecule has 1 N–H and O–H groups in total. The van der Waals surface area contributed by atoms with Crippen LogP contribution in [0, 0.1) is 0 Å². The normalized spacial score (nSPS) is 8.00. The van der Waals surface area contributed by atoms with Crippen LogP contribution in [0.5, 0.6) is 0 Å². The highest BCUT2D eigenvalue weighted by molar-refractivity contribution is 7.03. The van der Waals surface area contributed by atoms with E-state index in [0.29, 0.717) is 6.54 Å². The number of nitrogens with zero attached hydrogens (tertiary/aromatic N) is 1. The van der Waals surface area contributed by atoms with Crippen molar-refractivity contribution in [2.75, 3.05) is 6.54 Å². The Morgan fingerprint density at radius 1 is 1.86 bits per heavy atom. The maximum absolute atomic E-state index is 9.68. The molecule has 3 nitrogen and oxygen atoms in total. The molecule has 0 unspecified atom stereocenters. The fraction of sp³-hybridized carbons (Fsp3) is 0.667. The van der Waals surface area contributed by atoms with Crippen LogP contribution in [-0.2, 0) is 4.79 Å². The van der Waals surface area contributed by atoms with Crippen molar-refractivity contribution in [3.8, 4) is 0 Å².